The van der Waals surface area contributed by atoms with E-state index in [4.69, 9.17) is 24.1 Å². The lowest BCUT2D eigenvalue weighted by Gasteiger charge is -2.29. The number of nitrogens with zero attached hydrogens (tertiary/aromatic N) is 10. The molecule has 4 N–H and O–H groups in total. The molecule has 11 aromatic rings. The molecular weight excluding hydrogens is 1740 g/mol. The van der Waals surface area contributed by atoms with Crippen LogP contribution in [0.1, 0.15) is 92.9 Å². The van der Waals surface area contributed by atoms with Crippen LogP contribution in [0.5, 0.6) is 11.5 Å². The zero-order chi connectivity index (χ0) is 90.9. The summed E-state index contributed by atoms with van der Waals surface area (Å²) in [5.41, 5.74) is 7.38. The third-order valence-corrected chi connectivity index (χ3v) is 24.5. The van der Waals surface area contributed by atoms with Gasteiger partial charge in [-0.3, -0.25) is 10.1 Å². The summed E-state index contributed by atoms with van der Waals surface area (Å²) in [6, 6.07) is 55.2. The second-order valence-corrected chi connectivity index (χ2v) is 36.6. The lowest BCUT2D eigenvalue weighted by Crippen LogP contribution is -2.24. The minimum atomic E-state index is -4.39. The number of benzene rings is 8. The van der Waals surface area contributed by atoms with Crippen LogP contribution in [0.25, 0.3) is 22.3 Å². The fraction of sp³-hybridized carbons (Fsp3) is 0.241. The number of rotatable bonds is 37. The highest BCUT2D eigenvalue weighted by Gasteiger charge is 2.33. The Morgan fingerprint density at radius 3 is 1.38 bits per heavy atom. The van der Waals surface area contributed by atoms with E-state index in [9.17, 15) is 58.2 Å². The molecule has 8 aromatic carbocycles. The highest BCUT2D eigenvalue weighted by molar-refractivity contribution is 8.00. The van der Waals surface area contributed by atoms with Gasteiger partial charge in [-0.15, -0.1) is 13.2 Å². The smallest absolute Gasteiger partial charge is 0.338 e. The molecular formula is C87H97N13O18S7. The van der Waals surface area contributed by atoms with Crippen LogP contribution in [0, 0.1) is 10.1 Å². The van der Waals surface area contributed by atoms with Crippen molar-refractivity contribution in [2.45, 2.75) is 95.5 Å². The average Bonchev–Trinajstić information content (AvgIpc) is 1.73. The molecule has 0 spiro atoms. The Bertz CT molecular complexity index is 5950. The summed E-state index contributed by atoms with van der Waals surface area (Å²) in [5, 5.41) is 31.3. The van der Waals surface area contributed by atoms with Gasteiger partial charge in [0.25, 0.3) is 35.8 Å². The number of ether oxygens (including phenoxy) is 5. The molecule has 0 bridgehead atoms. The maximum atomic E-state index is 13.6. The molecule has 0 amide bonds. The molecule has 0 fully saturated rings. The van der Waals surface area contributed by atoms with Gasteiger partial charge in [0.1, 0.15) is 49.2 Å². The van der Waals surface area contributed by atoms with Crippen LogP contribution in [0.15, 0.2) is 265 Å². The number of hydrogen-bond donors (Lipinski definition) is 3. The number of unbranched alkanes of at least 4 members (excludes halogenated alkanes) is 2. The summed E-state index contributed by atoms with van der Waals surface area (Å²) in [7, 11) is -3.17. The third-order valence-electron chi connectivity index (χ3n) is 17.3. The molecule has 31 nitrogen and oxygen atoms in total. The van der Waals surface area contributed by atoms with Crippen molar-refractivity contribution in [2.24, 2.45) is 18.3 Å². The molecule has 660 valence electrons. The largest absolute Gasteiger partial charge is 0.465 e. The quantitative estimate of drug-likeness (QED) is 0.00476. The Kier molecular flexibility index (Phi) is 37.3. The van der Waals surface area contributed by atoms with Crippen molar-refractivity contribution in [2.75, 3.05) is 92.2 Å². The Morgan fingerprint density at radius 1 is 0.512 bits per heavy atom. The maximum absolute atomic E-state index is 13.6. The van der Waals surface area contributed by atoms with E-state index in [2.05, 4.69) is 57.3 Å². The van der Waals surface area contributed by atoms with Crippen LogP contribution in [0.4, 0.5) is 22.7 Å². The van der Waals surface area contributed by atoms with Gasteiger partial charge in [-0.05, 0) is 152 Å². The van der Waals surface area contributed by atoms with Gasteiger partial charge in [0, 0.05) is 109 Å². The molecule has 3 aromatic heterocycles. The molecule has 0 aliphatic rings. The first-order valence-corrected chi connectivity index (χ1v) is 47.0. The van der Waals surface area contributed by atoms with Gasteiger partial charge >= 0.3 is 17.9 Å². The number of aromatic nitrogens is 2. The van der Waals surface area contributed by atoms with Crippen LogP contribution in [-0.2, 0) is 85.3 Å². The zero-order valence-corrected chi connectivity index (χ0v) is 76.1. The number of para-hydroxylation sites is 1. The van der Waals surface area contributed by atoms with E-state index < -0.39 is 73.5 Å². The molecule has 0 saturated heterocycles. The van der Waals surface area contributed by atoms with E-state index in [1.54, 1.807) is 71.5 Å². The van der Waals surface area contributed by atoms with Crippen molar-refractivity contribution in [3.63, 3.8) is 0 Å². The van der Waals surface area contributed by atoms with Crippen LogP contribution < -0.4 is 25.4 Å². The summed E-state index contributed by atoms with van der Waals surface area (Å²) in [4.78, 5) is 61.0. The summed E-state index contributed by atoms with van der Waals surface area (Å²) in [5.74, 6) is -1.45. The van der Waals surface area contributed by atoms with Crippen LogP contribution in [0.2, 0.25) is 0 Å². The van der Waals surface area contributed by atoms with E-state index in [0.717, 1.165) is 79.1 Å². The van der Waals surface area contributed by atoms with Crippen molar-refractivity contribution in [1.82, 2.24) is 24.7 Å². The highest BCUT2D eigenvalue weighted by atomic mass is 32.2. The van der Waals surface area contributed by atoms with Crippen molar-refractivity contribution in [1.29, 1.82) is 0 Å². The van der Waals surface area contributed by atoms with E-state index in [0.29, 0.717) is 84.0 Å². The van der Waals surface area contributed by atoms with Gasteiger partial charge in [0.2, 0.25) is 10.0 Å². The number of esters is 3. The molecule has 0 unspecified atom stereocenters. The summed E-state index contributed by atoms with van der Waals surface area (Å²) < 4.78 is 141. The standard InChI is InChI=1S/C29H29N3O4S2.C24H28N2O4S.C19H25N3O4S2.C15H15N5O6S2/c1-31(2)21-30-38(34,35)27-17-25(29(33)36-3)16-26(28(27)24-14-15-37-20-24)32(18-22-10-6-4-7-11-22)19-23-12-8-5-9-13-23;1-2-3-14-26-22-15-20(18-29-17-19-10-6-4-7-11-19)16-23(31(25,27)28)24(22)30-21-12-8-5-9-13-21;1-5-6-8-20-16-10-15(19(23)26-4)11-17(18(16)14-7-9-27-12-14)28(24,25)21-13-22(2)3;1-19(2)9-18-28(24,25)12-8-10(14(21)26-3)7-11(20(22)23)13(12)27-15-16-5-4-6-17-15/h4-17,20-21H,18-19H2,1-3H3;4-13,15-16,26H,2-3,14,17-18H2,1H3,(H2,25,27,28);7,9-13,20H,5-6,8H2,1-4H3;4-9H,1-3H3. The molecule has 0 saturated carbocycles. The number of nitrogens with one attached hydrogen (secondary N) is 2. The number of anilines is 3. The molecule has 0 aliphatic heterocycles. The molecule has 0 atom stereocenters. The Balaban J connectivity index is 0.000000208. The van der Waals surface area contributed by atoms with Crippen LogP contribution >= 0.6 is 34.4 Å². The monoisotopic (exact) mass is 1840 g/mol. The Labute approximate surface area is 741 Å². The molecule has 0 aliphatic carbocycles. The fourth-order valence-corrected chi connectivity index (χ4v) is 18.2. The number of hydrogen-bond acceptors (Lipinski definition) is 26. The lowest BCUT2D eigenvalue weighted by molar-refractivity contribution is -0.388. The Morgan fingerprint density at radius 2 is 0.936 bits per heavy atom. The zero-order valence-electron chi connectivity index (χ0n) is 70.4. The van der Waals surface area contributed by atoms with Crippen molar-refractivity contribution in [3.05, 3.63) is 271 Å². The molecule has 0 radical (unpaired) electrons. The van der Waals surface area contributed by atoms with Gasteiger partial charge in [0.05, 0.1) is 61.8 Å². The van der Waals surface area contributed by atoms with E-state index in [1.165, 1.54) is 96.0 Å². The number of nitrogens with two attached hydrogens (primary N) is 1. The van der Waals surface area contributed by atoms with Gasteiger partial charge in [-0.1, -0.05) is 136 Å². The topological polar surface area (TPSA) is 403 Å². The number of thiophene rings is 2. The van der Waals surface area contributed by atoms with Gasteiger partial charge in [0.15, 0.2) is 10.9 Å². The number of primary sulfonamides is 1. The lowest BCUT2D eigenvalue weighted by atomic mass is 10.0. The first-order chi connectivity index (χ1) is 59.7. The second kappa shape index (κ2) is 47.6. The van der Waals surface area contributed by atoms with Gasteiger partial charge < -0.3 is 53.9 Å². The van der Waals surface area contributed by atoms with E-state index in [-0.39, 0.29) is 53.8 Å². The molecule has 38 heteroatoms. The number of nitro groups is 1. The summed E-state index contributed by atoms with van der Waals surface area (Å²) >= 11 is 3.60. The number of nitro benzene ring substituents is 1. The third kappa shape index (κ3) is 29.5. The number of methoxy groups -OCH3 is 3. The van der Waals surface area contributed by atoms with Crippen LogP contribution in [0.3, 0.4) is 0 Å². The van der Waals surface area contributed by atoms with Crippen molar-refractivity contribution in [3.8, 4) is 33.8 Å². The first-order valence-electron chi connectivity index (χ1n) is 38.4. The minimum absolute atomic E-state index is 0.0362. The predicted octanol–water partition coefficient (Wildman–Crippen LogP) is 16.0. The van der Waals surface area contributed by atoms with E-state index in [1.807, 2.05) is 149 Å². The first kappa shape index (κ1) is 98.2. The highest BCUT2D eigenvalue weighted by Crippen LogP contribution is 2.44. The van der Waals surface area contributed by atoms with Gasteiger partial charge in [-0.2, -0.15) is 47.9 Å². The maximum Gasteiger partial charge on any atom is 0.338 e. The second-order valence-electron chi connectivity index (χ2n) is 27.8. The van der Waals surface area contributed by atoms with E-state index >= 15 is 0 Å². The number of carbonyl (C=O) groups excluding carboxylic acids is 3. The average molecular weight is 1840 g/mol. The fourth-order valence-electron chi connectivity index (χ4n) is 11.5. The van der Waals surface area contributed by atoms with Crippen molar-refractivity contribution >= 4 is 134 Å². The van der Waals surface area contributed by atoms with Crippen LogP contribution in [-0.4, -0.2) is 177 Å². The predicted molar refractivity (Wildman–Crippen MR) is 490 cm³/mol. The minimum Gasteiger partial charge on any atom is -0.465 e. The molecule has 3 heterocycles. The SMILES string of the molecule is CCCCNc1cc(C(=O)OC)cc(S(=O)(=O)N=CN(C)C)c1-c1ccsc1.CCCCNc1cc(COCc2ccccc2)cc(S(N)(=O)=O)c1Oc1ccccc1.COC(=O)c1cc(N(Cc2ccccc2)Cc2ccccc2)c(-c2ccsc2)c(S(=O)(=O)N=CN(C)C)c1.COC(=O)c1cc([N+](=O)[O-])c(Sc2ncccn2)c(S(=O)(=O)N=CN(C)C)c1. The van der Waals surface area contributed by atoms with Gasteiger partial charge in [-0.25, -0.2) is 37.9 Å². The molecule has 11 rings (SSSR count). The number of sulfonamides is 4. The summed E-state index contributed by atoms with van der Waals surface area (Å²) in [6.45, 7) is 7.12. The normalized spacial score (nSPS) is 11.4. The number of carbonyl (C=O) groups is 3. The summed E-state index contributed by atoms with van der Waals surface area (Å²) in [6.07, 6.45) is 10.1. The molecule has 125 heavy (non-hydrogen) atoms. The Hall–Kier alpha value is -12.3. The van der Waals surface area contributed by atoms with Crippen molar-refractivity contribution < 1.29 is 76.7 Å².